The average Bonchev–Trinajstić information content (AvgIpc) is 2.87. The lowest BCUT2D eigenvalue weighted by molar-refractivity contribution is -0.174. The van der Waals surface area contributed by atoms with Crippen LogP contribution in [0.4, 0.5) is 18.0 Å². The van der Waals surface area contributed by atoms with Crippen LogP contribution >= 0.6 is 0 Å². The Morgan fingerprint density at radius 3 is 2.24 bits per heavy atom. The normalized spacial score (nSPS) is 17.2. The number of alkyl carbamates (subject to hydrolysis) is 1. The van der Waals surface area contributed by atoms with Gasteiger partial charge in [-0.3, -0.25) is 4.79 Å². The van der Waals surface area contributed by atoms with Crippen molar-refractivity contribution in [2.45, 2.75) is 70.2 Å². The lowest BCUT2D eigenvalue weighted by atomic mass is 9.97. The highest BCUT2D eigenvalue weighted by molar-refractivity contribution is 5.77. The Kier molecular flexibility index (Phi) is 7.52. The fourth-order valence-corrected chi connectivity index (χ4v) is 2.66. The molecule has 2 amide bonds. The minimum atomic E-state index is -4.40. The molecule has 0 aromatic carbocycles. The van der Waals surface area contributed by atoms with Gasteiger partial charge >= 0.3 is 12.3 Å². The second kappa shape index (κ2) is 8.73. The number of ether oxygens (including phenoxy) is 2. The molecular formula is C16H27F3N2O4. The van der Waals surface area contributed by atoms with Crippen molar-refractivity contribution in [1.29, 1.82) is 0 Å². The molecule has 6 nitrogen and oxygen atoms in total. The molecule has 0 aromatic rings. The van der Waals surface area contributed by atoms with Crippen molar-refractivity contribution >= 4 is 12.0 Å². The van der Waals surface area contributed by atoms with Crippen molar-refractivity contribution in [2.24, 2.45) is 0 Å². The standard InChI is InChI=1S/C16H27F3N2O4/c1-14(2,3)25-13(23)20-10-15(7-4-5-8-15)21-12(22)6-9-24-11-16(17,18)19/h4-11H2,1-3H3,(H,20,23)(H,21,22). The summed E-state index contributed by atoms with van der Waals surface area (Å²) in [7, 11) is 0. The summed E-state index contributed by atoms with van der Waals surface area (Å²) in [5, 5.41) is 5.50. The Morgan fingerprint density at radius 1 is 1.12 bits per heavy atom. The van der Waals surface area contributed by atoms with Crippen LogP contribution in [0.25, 0.3) is 0 Å². The molecule has 0 aromatic heterocycles. The van der Waals surface area contributed by atoms with Crippen LogP contribution in [0.1, 0.15) is 52.9 Å². The van der Waals surface area contributed by atoms with Gasteiger partial charge in [0.15, 0.2) is 0 Å². The largest absolute Gasteiger partial charge is 0.444 e. The quantitative estimate of drug-likeness (QED) is 0.678. The predicted octanol–water partition coefficient (Wildman–Crippen LogP) is 2.91. The lowest BCUT2D eigenvalue weighted by Crippen LogP contribution is -2.54. The van der Waals surface area contributed by atoms with E-state index in [1.807, 2.05) is 0 Å². The van der Waals surface area contributed by atoms with Crippen LogP contribution in [0.15, 0.2) is 0 Å². The summed E-state index contributed by atoms with van der Waals surface area (Å²) in [5.74, 6) is -0.393. The van der Waals surface area contributed by atoms with Crippen molar-refractivity contribution in [3.8, 4) is 0 Å². The number of alkyl halides is 3. The maximum atomic E-state index is 12.0. The van der Waals surface area contributed by atoms with Gasteiger partial charge in [-0.05, 0) is 33.6 Å². The Labute approximate surface area is 145 Å². The zero-order valence-corrected chi connectivity index (χ0v) is 14.9. The van der Waals surface area contributed by atoms with Gasteiger partial charge in [-0.15, -0.1) is 0 Å². The van der Waals surface area contributed by atoms with Gasteiger partial charge in [0.2, 0.25) is 5.91 Å². The lowest BCUT2D eigenvalue weighted by Gasteiger charge is -2.31. The van der Waals surface area contributed by atoms with Crippen LogP contribution in [-0.4, -0.2) is 49.1 Å². The van der Waals surface area contributed by atoms with E-state index in [0.717, 1.165) is 12.8 Å². The summed E-state index contributed by atoms with van der Waals surface area (Å²) in [6, 6.07) is 0. The Balaban J connectivity index is 2.42. The summed E-state index contributed by atoms with van der Waals surface area (Å²) in [5.41, 5.74) is -1.20. The molecule has 1 fully saturated rings. The number of hydrogen-bond acceptors (Lipinski definition) is 4. The summed E-state index contributed by atoms with van der Waals surface area (Å²) in [4.78, 5) is 23.8. The highest BCUT2D eigenvalue weighted by atomic mass is 19.4. The number of carbonyl (C=O) groups excluding carboxylic acids is 2. The first-order chi connectivity index (χ1) is 11.4. The first kappa shape index (κ1) is 21.5. The average molecular weight is 368 g/mol. The van der Waals surface area contributed by atoms with E-state index in [2.05, 4.69) is 15.4 Å². The van der Waals surface area contributed by atoms with E-state index in [1.54, 1.807) is 20.8 Å². The highest BCUT2D eigenvalue weighted by Gasteiger charge is 2.36. The maximum absolute atomic E-state index is 12.0. The molecule has 0 heterocycles. The van der Waals surface area contributed by atoms with Crippen LogP contribution in [-0.2, 0) is 14.3 Å². The van der Waals surface area contributed by atoms with Crippen LogP contribution in [0.3, 0.4) is 0 Å². The number of nitrogens with one attached hydrogen (secondary N) is 2. The molecule has 0 unspecified atom stereocenters. The van der Waals surface area contributed by atoms with E-state index in [-0.39, 0.29) is 19.6 Å². The van der Waals surface area contributed by atoms with Gasteiger partial charge < -0.3 is 20.1 Å². The summed E-state index contributed by atoms with van der Waals surface area (Å²) >= 11 is 0. The molecule has 0 bridgehead atoms. The van der Waals surface area contributed by atoms with Gasteiger partial charge in [0.05, 0.1) is 12.1 Å². The summed E-state index contributed by atoms with van der Waals surface area (Å²) in [6.07, 6.45) is -1.94. The second-order valence-corrected chi connectivity index (χ2v) is 7.31. The summed E-state index contributed by atoms with van der Waals surface area (Å²) < 4.78 is 45.6. The monoisotopic (exact) mass is 368 g/mol. The van der Waals surface area contributed by atoms with Crippen LogP contribution in [0, 0.1) is 0 Å². The first-order valence-electron chi connectivity index (χ1n) is 8.33. The Morgan fingerprint density at radius 2 is 1.72 bits per heavy atom. The third-order valence-corrected chi connectivity index (χ3v) is 3.67. The summed E-state index contributed by atoms with van der Waals surface area (Å²) in [6.45, 7) is 3.80. The third kappa shape index (κ3) is 9.52. The van der Waals surface area contributed by atoms with Gasteiger partial charge in [-0.1, -0.05) is 12.8 Å². The van der Waals surface area contributed by atoms with E-state index in [1.165, 1.54) is 0 Å². The Bertz CT molecular complexity index is 455. The van der Waals surface area contributed by atoms with Gasteiger partial charge in [-0.2, -0.15) is 13.2 Å². The zero-order valence-electron chi connectivity index (χ0n) is 14.9. The first-order valence-corrected chi connectivity index (χ1v) is 8.33. The van der Waals surface area contributed by atoms with Crippen LogP contribution < -0.4 is 10.6 Å². The van der Waals surface area contributed by atoms with Crippen molar-refractivity contribution < 1.29 is 32.2 Å². The van der Waals surface area contributed by atoms with E-state index in [0.29, 0.717) is 12.8 Å². The second-order valence-electron chi connectivity index (χ2n) is 7.31. The maximum Gasteiger partial charge on any atom is 0.411 e. The molecule has 1 aliphatic rings. The van der Waals surface area contributed by atoms with Crippen molar-refractivity contribution in [2.75, 3.05) is 19.8 Å². The topological polar surface area (TPSA) is 76.7 Å². The number of hydrogen-bond donors (Lipinski definition) is 2. The van der Waals surface area contributed by atoms with Gasteiger partial charge in [0.25, 0.3) is 0 Å². The molecule has 25 heavy (non-hydrogen) atoms. The highest BCUT2D eigenvalue weighted by Crippen LogP contribution is 2.29. The molecule has 1 aliphatic carbocycles. The molecule has 1 rings (SSSR count). The molecule has 0 radical (unpaired) electrons. The minimum Gasteiger partial charge on any atom is -0.444 e. The van der Waals surface area contributed by atoms with Gasteiger partial charge in [0.1, 0.15) is 12.2 Å². The van der Waals surface area contributed by atoms with Gasteiger partial charge in [-0.25, -0.2) is 4.79 Å². The molecule has 0 spiro atoms. The van der Waals surface area contributed by atoms with Crippen LogP contribution in [0.5, 0.6) is 0 Å². The smallest absolute Gasteiger partial charge is 0.411 e. The molecule has 9 heteroatoms. The van der Waals surface area contributed by atoms with E-state index < -0.39 is 35.9 Å². The van der Waals surface area contributed by atoms with Crippen molar-refractivity contribution in [3.63, 3.8) is 0 Å². The van der Waals surface area contributed by atoms with Crippen molar-refractivity contribution in [3.05, 3.63) is 0 Å². The van der Waals surface area contributed by atoms with E-state index in [9.17, 15) is 22.8 Å². The molecule has 146 valence electrons. The third-order valence-electron chi connectivity index (χ3n) is 3.67. The Hall–Kier alpha value is -1.51. The molecule has 0 saturated heterocycles. The molecule has 1 saturated carbocycles. The minimum absolute atomic E-state index is 0.162. The number of halogens is 3. The van der Waals surface area contributed by atoms with Gasteiger partial charge in [0, 0.05) is 13.0 Å². The fraction of sp³-hybridized carbons (Fsp3) is 0.875. The molecule has 0 atom stereocenters. The van der Waals surface area contributed by atoms with Crippen molar-refractivity contribution in [1.82, 2.24) is 10.6 Å². The zero-order chi connectivity index (χ0) is 19.1. The van der Waals surface area contributed by atoms with E-state index in [4.69, 9.17) is 4.74 Å². The number of amides is 2. The number of rotatable bonds is 7. The van der Waals surface area contributed by atoms with E-state index >= 15 is 0 Å². The fourth-order valence-electron chi connectivity index (χ4n) is 2.66. The van der Waals surface area contributed by atoms with Crippen LogP contribution in [0.2, 0.25) is 0 Å². The molecule has 0 aliphatic heterocycles. The predicted molar refractivity (Wildman–Crippen MR) is 85.1 cm³/mol. The SMILES string of the molecule is CC(C)(C)OC(=O)NCC1(NC(=O)CCOCC(F)(F)F)CCCC1. The molecular weight excluding hydrogens is 341 g/mol. The number of carbonyl (C=O) groups is 2. The molecule has 2 N–H and O–H groups in total.